The van der Waals surface area contributed by atoms with E-state index >= 15 is 0 Å². The molecule has 128 valence electrons. The highest BCUT2D eigenvalue weighted by molar-refractivity contribution is 7.91. The average Bonchev–Trinajstić information content (AvgIpc) is 2.56. The van der Waals surface area contributed by atoms with E-state index in [2.05, 4.69) is 0 Å². The molecule has 0 saturated carbocycles. The van der Waals surface area contributed by atoms with Crippen LogP contribution in [0.2, 0.25) is 0 Å². The van der Waals surface area contributed by atoms with Crippen LogP contribution in [0.5, 0.6) is 0 Å². The van der Waals surface area contributed by atoms with Crippen LogP contribution in [0.3, 0.4) is 0 Å². The van der Waals surface area contributed by atoms with E-state index in [1.165, 1.54) is 4.90 Å². The molecule has 0 bridgehead atoms. The van der Waals surface area contributed by atoms with E-state index in [1.54, 1.807) is 6.07 Å². The normalized spacial score (nSPS) is 19.1. The molecule has 1 amide bonds. The van der Waals surface area contributed by atoms with Crippen LogP contribution in [0.25, 0.3) is 0 Å². The average molecular weight is 348 g/mol. The second-order valence-corrected chi connectivity index (χ2v) is 8.33. The second-order valence-electron chi connectivity index (χ2n) is 6.02. The van der Waals surface area contributed by atoms with Crippen LogP contribution >= 0.6 is 0 Å². The highest BCUT2D eigenvalue weighted by Gasteiger charge is 2.34. The molecule has 1 saturated heterocycles. The van der Waals surface area contributed by atoms with E-state index in [4.69, 9.17) is 0 Å². The number of hydrogen-bond donors (Lipinski definition) is 0. The van der Waals surface area contributed by atoms with Crippen LogP contribution in [0.4, 0.5) is 0 Å². The van der Waals surface area contributed by atoms with Gasteiger partial charge in [0.05, 0.1) is 17.6 Å². The summed E-state index contributed by atoms with van der Waals surface area (Å²) in [6.45, 7) is 1.96. The number of carbonyl (C=O) groups is 2. The van der Waals surface area contributed by atoms with E-state index < -0.39 is 27.4 Å². The fraction of sp³-hybridized carbons (Fsp3) is 0.471. The van der Waals surface area contributed by atoms with E-state index in [0.717, 1.165) is 5.56 Å². The molecule has 2 rings (SSSR count). The molecule has 0 aromatic heterocycles. The first-order chi connectivity index (χ1) is 11.3. The lowest BCUT2D eigenvalue weighted by Gasteiger charge is -2.28. The zero-order chi connectivity index (χ0) is 17.7. The molecule has 0 radical (unpaired) electrons. The van der Waals surface area contributed by atoms with Gasteiger partial charge in [0.25, 0.3) is 0 Å². The maximum Gasteiger partial charge on any atom is 0.247 e. The Morgan fingerprint density at radius 2 is 1.79 bits per heavy atom. The minimum Gasteiger partial charge on any atom is -0.339 e. The molecule has 1 aliphatic heterocycles. The third kappa shape index (κ3) is 4.42. The number of Topliss-reactive ketones (excluding diaryl/α,β-unsaturated/α-hetero) is 1. The Morgan fingerprint density at radius 1 is 1.21 bits per heavy atom. The van der Waals surface area contributed by atoms with Gasteiger partial charge in [-0.15, -0.1) is 0 Å². The molecule has 0 aliphatic carbocycles. The first-order valence-electron chi connectivity index (χ1n) is 7.80. The van der Waals surface area contributed by atoms with Gasteiger partial charge in [0.15, 0.2) is 21.5 Å². The molecule has 0 spiro atoms. The van der Waals surface area contributed by atoms with Crippen molar-refractivity contribution in [2.24, 2.45) is 5.92 Å². The maximum absolute atomic E-state index is 12.4. The van der Waals surface area contributed by atoms with Crippen LogP contribution < -0.4 is 0 Å². The monoisotopic (exact) mass is 348 g/mol. The van der Waals surface area contributed by atoms with E-state index in [9.17, 15) is 23.3 Å². The Kier molecular flexibility index (Phi) is 5.73. The molecule has 6 nitrogen and oxygen atoms in total. The van der Waals surface area contributed by atoms with Gasteiger partial charge in [-0.1, -0.05) is 37.3 Å². The summed E-state index contributed by atoms with van der Waals surface area (Å²) >= 11 is 0. The highest BCUT2D eigenvalue weighted by Crippen LogP contribution is 2.21. The van der Waals surface area contributed by atoms with Gasteiger partial charge in [0, 0.05) is 19.5 Å². The molecule has 1 aromatic carbocycles. The predicted octanol–water partition coefficient (Wildman–Crippen LogP) is 1.15. The number of carbonyl (C=O) groups excluding carboxylic acids is 2. The number of sulfone groups is 1. The van der Waals surface area contributed by atoms with Crippen molar-refractivity contribution >= 4 is 21.5 Å². The van der Waals surface area contributed by atoms with Crippen molar-refractivity contribution in [1.82, 2.24) is 4.90 Å². The number of nitriles is 1. The predicted molar refractivity (Wildman–Crippen MR) is 88.8 cm³/mol. The second kappa shape index (κ2) is 7.58. The van der Waals surface area contributed by atoms with Crippen LogP contribution in [0.15, 0.2) is 30.3 Å². The molecule has 24 heavy (non-hydrogen) atoms. The minimum absolute atomic E-state index is 0.0425. The SMILES string of the molecule is C[C@@H](CC(=O)[C@H](C#N)C(=O)N1CCS(=O)(=O)CC1)c1ccccc1. The van der Waals surface area contributed by atoms with Crippen molar-refractivity contribution in [3.05, 3.63) is 35.9 Å². The fourth-order valence-corrected chi connectivity index (χ4v) is 3.90. The summed E-state index contributed by atoms with van der Waals surface area (Å²) in [5.74, 6) is -2.71. The summed E-state index contributed by atoms with van der Waals surface area (Å²) in [4.78, 5) is 26.1. The van der Waals surface area contributed by atoms with E-state index in [0.29, 0.717) is 0 Å². The van der Waals surface area contributed by atoms with Crippen molar-refractivity contribution in [2.45, 2.75) is 19.3 Å². The topological polar surface area (TPSA) is 95.3 Å². The van der Waals surface area contributed by atoms with E-state index in [1.807, 2.05) is 37.3 Å². The maximum atomic E-state index is 12.4. The number of rotatable bonds is 5. The molecule has 7 heteroatoms. The van der Waals surface area contributed by atoms with Crippen molar-refractivity contribution in [1.29, 1.82) is 5.26 Å². The van der Waals surface area contributed by atoms with Gasteiger partial charge in [0.1, 0.15) is 0 Å². The van der Waals surface area contributed by atoms with Gasteiger partial charge >= 0.3 is 0 Å². The van der Waals surface area contributed by atoms with Gasteiger partial charge in [-0.05, 0) is 11.5 Å². The standard InChI is InChI=1S/C17H20N2O4S/c1-13(14-5-3-2-4-6-14)11-16(20)15(12-18)17(21)19-7-9-24(22,23)10-8-19/h2-6,13,15H,7-11H2,1H3/t13-,15-/m0/s1. The van der Waals surface area contributed by atoms with Crippen LogP contribution in [-0.4, -0.2) is 49.6 Å². The molecule has 0 unspecified atom stereocenters. The smallest absolute Gasteiger partial charge is 0.247 e. The Balaban J connectivity index is 2.01. The van der Waals surface area contributed by atoms with Gasteiger partial charge < -0.3 is 4.90 Å². The molecule has 2 atom stereocenters. The number of ketones is 1. The number of benzene rings is 1. The minimum atomic E-state index is -3.12. The lowest BCUT2D eigenvalue weighted by Crippen LogP contribution is -2.47. The van der Waals surface area contributed by atoms with Crippen LogP contribution in [-0.2, 0) is 19.4 Å². The zero-order valence-corrected chi connectivity index (χ0v) is 14.3. The van der Waals surface area contributed by atoms with Crippen molar-refractivity contribution in [3.8, 4) is 6.07 Å². The lowest BCUT2D eigenvalue weighted by atomic mass is 9.90. The van der Waals surface area contributed by atoms with Crippen molar-refractivity contribution in [2.75, 3.05) is 24.6 Å². The van der Waals surface area contributed by atoms with Gasteiger partial charge in [0.2, 0.25) is 5.91 Å². The van der Waals surface area contributed by atoms with Gasteiger partial charge in [-0.3, -0.25) is 9.59 Å². The van der Waals surface area contributed by atoms with Gasteiger partial charge in [-0.2, -0.15) is 5.26 Å². The summed E-state index contributed by atoms with van der Waals surface area (Å²) < 4.78 is 22.8. The molecular weight excluding hydrogens is 328 g/mol. The molecular formula is C17H20N2O4S. The Labute approximate surface area is 142 Å². The third-order valence-corrected chi connectivity index (χ3v) is 5.84. The fourth-order valence-electron chi connectivity index (χ4n) is 2.70. The summed E-state index contributed by atoms with van der Waals surface area (Å²) in [6, 6.07) is 11.2. The van der Waals surface area contributed by atoms with Crippen LogP contribution in [0.1, 0.15) is 24.8 Å². The third-order valence-electron chi connectivity index (χ3n) is 4.23. The molecule has 1 aliphatic rings. The molecule has 1 fully saturated rings. The molecule has 1 aromatic rings. The molecule has 1 heterocycles. The first kappa shape index (κ1) is 18.1. The van der Waals surface area contributed by atoms with Crippen molar-refractivity contribution in [3.63, 3.8) is 0 Å². The summed E-state index contributed by atoms with van der Waals surface area (Å²) in [5.41, 5.74) is 0.971. The highest BCUT2D eigenvalue weighted by atomic mass is 32.2. The first-order valence-corrected chi connectivity index (χ1v) is 9.62. The van der Waals surface area contributed by atoms with E-state index in [-0.39, 0.29) is 36.9 Å². The number of nitrogens with zero attached hydrogens (tertiary/aromatic N) is 2. The Morgan fingerprint density at radius 3 is 2.33 bits per heavy atom. The summed E-state index contributed by atoms with van der Waals surface area (Å²) in [5, 5.41) is 9.25. The quantitative estimate of drug-likeness (QED) is 0.744. The zero-order valence-electron chi connectivity index (χ0n) is 13.5. The van der Waals surface area contributed by atoms with Crippen molar-refractivity contribution < 1.29 is 18.0 Å². The Bertz CT molecular complexity index is 739. The Hall–Kier alpha value is -2.20. The number of hydrogen-bond acceptors (Lipinski definition) is 5. The summed E-state index contributed by atoms with van der Waals surface area (Å²) in [6.07, 6.45) is 0.0973. The summed E-state index contributed by atoms with van der Waals surface area (Å²) in [7, 11) is -3.12. The number of amides is 1. The lowest BCUT2D eigenvalue weighted by molar-refractivity contribution is -0.138. The molecule has 0 N–H and O–H groups in total. The van der Waals surface area contributed by atoms with Crippen LogP contribution in [0, 0.1) is 17.2 Å². The van der Waals surface area contributed by atoms with Gasteiger partial charge in [-0.25, -0.2) is 8.42 Å². The largest absolute Gasteiger partial charge is 0.339 e.